The molecule has 1 saturated carbocycles. The van der Waals surface area contributed by atoms with Crippen LogP contribution in [0.25, 0.3) is 5.69 Å². The van der Waals surface area contributed by atoms with E-state index in [0.717, 1.165) is 44.9 Å². The zero-order chi connectivity index (χ0) is 21.0. The summed E-state index contributed by atoms with van der Waals surface area (Å²) in [4.78, 5) is 0. The lowest BCUT2D eigenvalue weighted by atomic mass is 9.63. The number of hydrogen-bond donors (Lipinski definition) is 0. The van der Waals surface area contributed by atoms with E-state index in [2.05, 4.69) is 22.4 Å². The van der Waals surface area contributed by atoms with Gasteiger partial charge < -0.3 is 9.47 Å². The second-order valence-electron chi connectivity index (χ2n) is 8.31. The van der Waals surface area contributed by atoms with Crippen LogP contribution in [0, 0.1) is 5.41 Å². The molecule has 0 N–H and O–H groups in total. The Bertz CT molecular complexity index is 916. The zero-order valence-corrected chi connectivity index (χ0v) is 18.3. The molecule has 2 unspecified atom stereocenters. The number of rotatable bonds is 9. The minimum Gasteiger partial charge on any atom is -0.353 e. The molecule has 0 radical (unpaired) electrons. The molecule has 8 nitrogen and oxygen atoms in total. The van der Waals surface area contributed by atoms with E-state index < -0.39 is 9.84 Å². The summed E-state index contributed by atoms with van der Waals surface area (Å²) in [6.45, 7) is 2.88. The maximum atomic E-state index is 13.2. The number of para-hydroxylation sites is 1. The molecule has 30 heavy (non-hydrogen) atoms. The number of ether oxygens (including phenoxy) is 2. The van der Waals surface area contributed by atoms with Crippen LogP contribution in [0.5, 0.6) is 0 Å². The van der Waals surface area contributed by atoms with Crippen molar-refractivity contribution < 1.29 is 17.9 Å². The normalized spacial score (nSPS) is 22.4. The number of sulfone groups is 1. The van der Waals surface area contributed by atoms with Gasteiger partial charge in [0.25, 0.3) is 5.16 Å². The van der Waals surface area contributed by atoms with E-state index in [-0.39, 0.29) is 28.7 Å². The second-order valence-corrected chi connectivity index (χ2v) is 10.3. The van der Waals surface area contributed by atoms with Crippen molar-refractivity contribution in [3.05, 3.63) is 30.3 Å². The van der Waals surface area contributed by atoms with E-state index in [1.807, 2.05) is 18.2 Å². The molecular formula is C21H30N4O4S. The van der Waals surface area contributed by atoms with Crippen LogP contribution >= 0.6 is 0 Å². The van der Waals surface area contributed by atoms with E-state index >= 15 is 0 Å². The Labute approximate surface area is 177 Å². The van der Waals surface area contributed by atoms with Crippen molar-refractivity contribution in [1.82, 2.24) is 20.2 Å². The van der Waals surface area contributed by atoms with Crippen molar-refractivity contribution in [3.63, 3.8) is 0 Å². The van der Waals surface area contributed by atoms with Crippen molar-refractivity contribution in [2.75, 3.05) is 12.4 Å². The average Bonchev–Trinajstić information content (AvgIpc) is 3.24. The van der Waals surface area contributed by atoms with Gasteiger partial charge >= 0.3 is 0 Å². The number of nitrogens with zero attached hydrogens (tertiary/aromatic N) is 4. The Kier molecular flexibility index (Phi) is 6.50. The number of hydrogen-bond acceptors (Lipinski definition) is 7. The summed E-state index contributed by atoms with van der Waals surface area (Å²) in [5, 5.41) is 11.2. The molecule has 1 saturated heterocycles. The van der Waals surface area contributed by atoms with Gasteiger partial charge in [-0.15, -0.1) is 0 Å². The lowest BCUT2D eigenvalue weighted by molar-refractivity contribution is -0.224. The van der Waals surface area contributed by atoms with Gasteiger partial charge in [-0.25, -0.2) is 8.42 Å². The Hall–Kier alpha value is -1.84. The summed E-state index contributed by atoms with van der Waals surface area (Å²) in [5.41, 5.74) is 0.662. The minimum atomic E-state index is -3.68. The van der Waals surface area contributed by atoms with Crippen LogP contribution in [0.3, 0.4) is 0 Å². The maximum Gasteiger partial charge on any atom is 0.272 e. The van der Waals surface area contributed by atoms with Crippen LogP contribution in [0.2, 0.25) is 0 Å². The highest BCUT2D eigenvalue weighted by Crippen LogP contribution is 2.49. The van der Waals surface area contributed by atoms with Crippen LogP contribution < -0.4 is 0 Å². The summed E-state index contributed by atoms with van der Waals surface area (Å²) in [6.07, 6.45) is 7.34. The molecule has 9 heteroatoms. The first-order chi connectivity index (χ1) is 14.5. The van der Waals surface area contributed by atoms with Gasteiger partial charge in [0, 0.05) is 6.61 Å². The number of tetrazole rings is 1. The molecule has 164 valence electrons. The topological polar surface area (TPSA) is 96.2 Å². The van der Waals surface area contributed by atoms with Crippen molar-refractivity contribution in [3.8, 4) is 5.69 Å². The van der Waals surface area contributed by atoms with Crippen molar-refractivity contribution in [1.29, 1.82) is 0 Å². The maximum absolute atomic E-state index is 13.2. The first-order valence-electron chi connectivity index (χ1n) is 10.9. The molecule has 2 aliphatic rings. The largest absolute Gasteiger partial charge is 0.353 e. The molecule has 1 aromatic carbocycles. The van der Waals surface area contributed by atoms with Gasteiger partial charge in [-0.2, -0.15) is 4.68 Å². The van der Waals surface area contributed by atoms with E-state index in [0.29, 0.717) is 18.7 Å². The predicted molar refractivity (Wildman–Crippen MR) is 111 cm³/mol. The first kappa shape index (κ1) is 21.4. The third-order valence-corrected chi connectivity index (χ3v) is 8.14. The van der Waals surface area contributed by atoms with E-state index in [1.54, 1.807) is 12.1 Å². The Balaban J connectivity index is 1.51. The quantitative estimate of drug-likeness (QED) is 0.597. The van der Waals surface area contributed by atoms with Gasteiger partial charge in [0.05, 0.1) is 17.5 Å². The summed E-state index contributed by atoms with van der Waals surface area (Å²) in [6, 6.07) is 9.07. The molecule has 0 spiro atoms. The fourth-order valence-electron chi connectivity index (χ4n) is 4.51. The summed E-state index contributed by atoms with van der Waals surface area (Å²) in [7, 11) is -3.68. The molecule has 1 aliphatic heterocycles. The third kappa shape index (κ3) is 4.43. The number of aromatic nitrogens is 4. The molecule has 0 bridgehead atoms. The van der Waals surface area contributed by atoms with Crippen molar-refractivity contribution in [2.45, 2.75) is 75.8 Å². The molecule has 2 atom stereocenters. The van der Waals surface area contributed by atoms with Crippen LogP contribution in [0.15, 0.2) is 35.5 Å². The third-order valence-electron chi connectivity index (χ3n) is 6.56. The Morgan fingerprint density at radius 1 is 1.23 bits per heavy atom. The molecule has 4 rings (SSSR count). The van der Waals surface area contributed by atoms with Crippen LogP contribution in [-0.4, -0.2) is 53.4 Å². The van der Waals surface area contributed by atoms with Crippen LogP contribution in [-0.2, 0) is 19.3 Å². The predicted octanol–water partition coefficient (Wildman–Crippen LogP) is 3.32. The average molecular weight is 435 g/mol. The molecular weight excluding hydrogens is 404 g/mol. The number of benzene rings is 1. The fraction of sp³-hybridized carbons (Fsp3) is 0.667. The standard InChI is InChI=1S/C21H30N4O4S/c1-2-21(13-8-14-21)18(29-19-11-6-7-15-28-19)12-16-30(26,27)20-22-23-24-25(20)17-9-4-3-5-10-17/h3-5,9-10,18-19H,2,6-8,11-16H2,1H3. The fourth-order valence-corrected chi connectivity index (χ4v) is 5.79. The first-order valence-corrected chi connectivity index (χ1v) is 12.5. The molecule has 1 aliphatic carbocycles. The summed E-state index contributed by atoms with van der Waals surface area (Å²) < 4.78 is 39.8. The lowest BCUT2D eigenvalue weighted by Crippen LogP contribution is -2.46. The van der Waals surface area contributed by atoms with Crippen LogP contribution in [0.4, 0.5) is 0 Å². The molecule has 2 aromatic rings. The smallest absolute Gasteiger partial charge is 0.272 e. The summed E-state index contributed by atoms with van der Waals surface area (Å²) in [5.74, 6) is -0.0562. The SMILES string of the molecule is CCC1(C(CCS(=O)(=O)c2nnnn2-c2ccccc2)OC2CCCCO2)CCC1. The molecule has 1 aromatic heterocycles. The van der Waals surface area contributed by atoms with Crippen molar-refractivity contribution >= 4 is 9.84 Å². The van der Waals surface area contributed by atoms with Crippen molar-refractivity contribution in [2.24, 2.45) is 5.41 Å². The zero-order valence-electron chi connectivity index (χ0n) is 17.4. The highest BCUT2D eigenvalue weighted by molar-refractivity contribution is 7.91. The minimum absolute atomic E-state index is 0.0433. The Morgan fingerprint density at radius 3 is 2.67 bits per heavy atom. The lowest BCUT2D eigenvalue weighted by Gasteiger charge is -2.48. The molecule has 2 fully saturated rings. The van der Waals surface area contributed by atoms with E-state index in [9.17, 15) is 8.42 Å². The van der Waals surface area contributed by atoms with Gasteiger partial charge in [-0.05, 0) is 72.9 Å². The van der Waals surface area contributed by atoms with Gasteiger partial charge in [0.15, 0.2) is 6.29 Å². The van der Waals surface area contributed by atoms with E-state index in [4.69, 9.17) is 9.47 Å². The molecule has 0 amide bonds. The monoisotopic (exact) mass is 434 g/mol. The second kappa shape index (κ2) is 9.11. The van der Waals surface area contributed by atoms with Gasteiger partial charge in [-0.3, -0.25) is 0 Å². The van der Waals surface area contributed by atoms with Crippen LogP contribution in [0.1, 0.15) is 58.3 Å². The highest BCUT2D eigenvalue weighted by atomic mass is 32.2. The summed E-state index contributed by atoms with van der Waals surface area (Å²) >= 11 is 0. The van der Waals surface area contributed by atoms with Gasteiger partial charge in [0.2, 0.25) is 9.84 Å². The Morgan fingerprint density at radius 2 is 2.03 bits per heavy atom. The van der Waals surface area contributed by atoms with Gasteiger partial charge in [0.1, 0.15) is 0 Å². The van der Waals surface area contributed by atoms with E-state index in [1.165, 1.54) is 4.68 Å². The highest BCUT2D eigenvalue weighted by Gasteiger charge is 2.45. The van der Waals surface area contributed by atoms with Gasteiger partial charge in [-0.1, -0.05) is 36.6 Å². The molecule has 2 heterocycles.